The van der Waals surface area contributed by atoms with Crippen LogP contribution in [0.15, 0.2) is 0 Å². The monoisotopic (exact) mass is 210 g/mol. The first kappa shape index (κ1) is 9.40. The molecule has 0 aliphatic carbocycles. The van der Waals surface area contributed by atoms with Crippen LogP contribution in [0.3, 0.4) is 0 Å². The molecule has 5 heteroatoms. The average molecular weight is 208 g/mol. The van der Waals surface area contributed by atoms with Crippen LogP contribution < -0.4 is 0 Å². The van der Waals surface area contributed by atoms with Gasteiger partial charge in [-0.25, -0.2) is 0 Å². The molecular weight excluding hydrogens is 203 g/mol. The van der Waals surface area contributed by atoms with Gasteiger partial charge in [-0.05, 0) is 0 Å². The third-order valence-corrected chi connectivity index (χ3v) is 0. The van der Waals surface area contributed by atoms with Gasteiger partial charge in [-0.2, -0.15) is 0 Å². The molecule has 0 aliphatic rings. The zero-order chi connectivity index (χ0) is 3.58. The Morgan fingerprint density at radius 1 is 1.40 bits per heavy atom. The summed E-state index contributed by atoms with van der Waals surface area (Å²) >= 11 is -3.61. The Bertz CT molecular complexity index is 29.9. The molecule has 5 heavy (non-hydrogen) atoms. The molecule has 0 rings (SSSR count). The van der Waals surface area contributed by atoms with Crippen LogP contribution in [0, 0.1) is 0 Å². The first-order chi connectivity index (χ1) is 1.73. The Hall–Kier alpha value is 1.04. The molecule has 3 nitrogen and oxygen atoms in total. The van der Waals surface area contributed by atoms with Crippen molar-refractivity contribution in [3.63, 3.8) is 0 Å². The van der Waals surface area contributed by atoms with E-state index >= 15 is 0 Å². The van der Waals surface area contributed by atoms with E-state index in [2.05, 4.69) is 0 Å². The predicted octanol–water partition coefficient (Wildman–Crippen LogP) is -2.80. The van der Waals surface area contributed by atoms with Gasteiger partial charge in [-0.1, -0.05) is 0 Å². The molecule has 0 aromatic heterocycles. The van der Waals surface area contributed by atoms with Gasteiger partial charge in [0.05, 0.1) is 0 Å². The first-order valence-electron chi connectivity index (χ1n) is 0.532. The standard InChI is InChI=1S/Al.H2O3Te.3H/c;1-4(2)3;;;/h;(H2,1,2,3);;;. The fourth-order valence-electron chi connectivity index (χ4n) is 0. The van der Waals surface area contributed by atoms with Crippen molar-refractivity contribution in [1.82, 2.24) is 0 Å². The van der Waals surface area contributed by atoms with Gasteiger partial charge in [-0.3, -0.25) is 0 Å². The fraction of sp³-hybridized carbons (Fsp3) is 0. The topological polar surface area (TPSA) is 57.5 Å². The Balaban J connectivity index is 0. The van der Waals surface area contributed by atoms with Crippen LogP contribution >= 0.6 is 0 Å². The van der Waals surface area contributed by atoms with E-state index in [-0.39, 0.29) is 17.4 Å². The molecular formula is H5AlO3Te. The molecule has 0 saturated carbocycles. The van der Waals surface area contributed by atoms with Crippen LogP contribution in [0.4, 0.5) is 0 Å². The maximum atomic E-state index is 8.81. The SMILES string of the molecule is O=[Te](O)O.[AlH3]. The second-order valence-electron chi connectivity index (χ2n) is 0.231. The molecule has 0 aromatic rings. The molecule has 0 heterocycles. The van der Waals surface area contributed by atoms with Crippen molar-refractivity contribution in [3.8, 4) is 0 Å². The van der Waals surface area contributed by atoms with Gasteiger partial charge in [0.25, 0.3) is 0 Å². The molecule has 0 spiro atoms. The molecule has 0 saturated heterocycles. The maximum absolute atomic E-state index is 8.81. The third kappa shape index (κ3) is 43.0. The molecule has 0 fully saturated rings. The fourth-order valence-corrected chi connectivity index (χ4v) is 0. The van der Waals surface area contributed by atoms with Gasteiger partial charge in [0.1, 0.15) is 0 Å². The van der Waals surface area contributed by atoms with E-state index in [0.29, 0.717) is 0 Å². The Morgan fingerprint density at radius 3 is 1.40 bits per heavy atom. The van der Waals surface area contributed by atoms with E-state index in [4.69, 9.17) is 10.0 Å². The van der Waals surface area contributed by atoms with Crippen LogP contribution in [-0.4, -0.2) is 44.7 Å². The van der Waals surface area contributed by atoms with E-state index in [9.17, 15) is 0 Å². The van der Waals surface area contributed by atoms with Crippen molar-refractivity contribution < 1.29 is 10.0 Å². The summed E-state index contributed by atoms with van der Waals surface area (Å²) in [6.07, 6.45) is 0. The summed E-state index contributed by atoms with van der Waals surface area (Å²) in [5, 5.41) is 0. The molecule has 0 bridgehead atoms. The number of hydrogen-bond donors (Lipinski definition) is 2. The van der Waals surface area contributed by atoms with Crippen LogP contribution in [0.25, 0.3) is 0 Å². The summed E-state index contributed by atoms with van der Waals surface area (Å²) in [5.74, 6) is 0. The minimum absolute atomic E-state index is 0. The van der Waals surface area contributed by atoms with Crippen LogP contribution in [0.1, 0.15) is 0 Å². The Kier molecular flexibility index (Phi) is 9.48. The van der Waals surface area contributed by atoms with Crippen molar-refractivity contribution in [2.75, 3.05) is 0 Å². The number of hydrogen-bond acceptors (Lipinski definition) is 1. The summed E-state index contributed by atoms with van der Waals surface area (Å²) in [6, 6.07) is 0. The predicted molar refractivity (Wildman–Crippen MR) is 20.8 cm³/mol. The van der Waals surface area contributed by atoms with Crippen molar-refractivity contribution >= 4 is 37.7 Å². The van der Waals surface area contributed by atoms with Crippen molar-refractivity contribution in [2.45, 2.75) is 0 Å². The number of rotatable bonds is 0. The Morgan fingerprint density at radius 2 is 1.40 bits per heavy atom. The Labute approximate surface area is 47.8 Å². The normalized spacial score (nSPS) is 7.00. The molecule has 0 unspecified atom stereocenters. The molecule has 32 valence electrons. The van der Waals surface area contributed by atoms with Crippen LogP contribution in [0.5, 0.6) is 0 Å². The van der Waals surface area contributed by atoms with Crippen LogP contribution in [0.2, 0.25) is 0 Å². The molecule has 0 amide bonds. The van der Waals surface area contributed by atoms with Crippen molar-refractivity contribution in [3.05, 3.63) is 0 Å². The molecule has 0 aliphatic heterocycles. The van der Waals surface area contributed by atoms with E-state index < -0.39 is 20.4 Å². The zero-order valence-electron chi connectivity index (χ0n) is 1.71. The summed E-state index contributed by atoms with van der Waals surface area (Å²) in [4.78, 5) is 0. The van der Waals surface area contributed by atoms with Crippen LogP contribution in [-0.2, 0) is 3.10 Å². The quantitative estimate of drug-likeness (QED) is 0.422. The van der Waals surface area contributed by atoms with Gasteiger partial charge in [0, 0.05) is 0 Å². The summed E-state index contributed by atoms with van der Waals surface area (Å²) in [7, 11) is 0. The second kappa shape index (κ2) is 5.04. The molecule has 0 atom stereocenters. The van der Waals surface area contributed by atoms with Gasteiger partial charge >= 0.3 is 30.4 Å². The average Bonchev–Trinajstić information content (AvgIpc) is 0.811. The van der Waals surface area contributed by atoms with Gasteiger partial charge in [0.2, 0.25) is 0 Å². The van der Waals surface area contributed by atoms with Crippen molar-refractivity contribution in [2.24, 2.45) is 0 Å². The zero-order valence-corrected chi connectivity index (χ0v) is 4.04. The van der Waals surface area contributed by atoms with Gasteiger partial charge < -0.3 is 0 Å². The largest absolute Gasteiger partial charge is 0.187 e. The second-order valence-corrected chi connectivity index (χ2v) is 1.55. The third-order valence-electron chi connectivity index (χ3n) is 0. The molecule has 0 aromatic carbocycles. The minimum Gasteiger partial charge on any atom is 0.187 e. The van der Waals surface area contributed by atoms with E-state index in [1.54, 1.807) is 0 Å². The molecule has 0 radical (unpaired) electrons. The molecule has 2 N–H and O–H groups in total. The maximum Gasteiger partial charge on any atom is 0.187 e. The minimum atomic E-state index is -3.61. The smallest absolute Gasteiger partial charge is 0.187 e. The summed E-state index contributed by atoms with van der Waals surface area (Å²) in [5.41, 5.74) is 0. The first-order valence-corrected chi connectivity index (χ1v) is 3.57. The van der Waals surface area contributed by atoms with E-state index in [1.165, 1.54) is 0 Å². The summed E-state index contributed by atoms with van der Waals surface area (Å²) in [6.45, 7) is 0. The van der Waals surface area contributed by atoms with Gasteiger partial charge in [0.15, 0.2) is 17.4 Å². The van der Waals surface area contributed by atoms with Gasteiger partial charge in [-0.15, -0.1) is 0 Å². The summed E-state index contributed by atoms with van der Waals surface area (Å²) < 4.78 is 23.3. The van der Waals surface area contributed by atoms with E-state index in [1.807, 2.05) is 0 Å². The van der Waals surface area contributed by atoms with E-state index in [0.717, 1.165) is 0 Å². The van der Waals surface area contributed by atoms with Crippen molar-refractivity contribution in [1.29, 1.82) is 0 Å².